The Balaban J connectivity index is 1.26. The van der Waals surface area contributed by atoms with Crippen molar-refractivity contribution in [1.82, 2.24) is 14.5 Å². The first-order valence-electron chi connectivity index (χ1n) is 13.7. The summed E-state index contributed by atoms with van der Waals surface area (Å²) in [6.45, 7) is 0. The largest absolute Gasteiger partial charge is 0.295 e. The summed E-state index contributed by atoms with van der Waals surface area (Å²) in [5.41, 5.74) is 13.6. The molecule has 186 valence electrons. The van der Waals surface area contributed by atoms with Gasteiger partial charge in [-0.2, -0.15) is 0 Å². The van der Waals surface area contributed by atoms with Crippen LogP contribution in [0.2, 0.25) is 0 Å². The van der Waals surface area contributed by atoms with E-state index in [0.29, 0.717) is 0 Å². The second kappa shape index (κ2) is 7.87. The van der Waals surface area contributed by atoms with Crippen molar-refractivity contribution < 1.29 is 0 Å². The van der Waals surface area contributed by atoms with Gasteiger partial charge >= 0.3 is 0 Å². The van der Waals surface area contributed by atoms with Gasteiger partial charge in [0.25, 0.3) is 0 Å². The molecule has 3 nitrogen and oxygen atoms in total. The summed E-state index contributed by atoms with van der Waals surface area (Å²) in [5, 5.41) is 0. The molecule has 1 spiro atoms. The molecule has 40 heavy (non-hydrogen) atoms. The molecule has 0 saturated heterocycles. The molecule has 0 bridgehead atoms. The lowest BCUT2D eigenvalue weighted by Gasteiger charge is -2.27. The maximum absolute atomic E-state index is 5.43. The van der Waals surface area contributed by atoms with Crippen molar-refractivity contribution in [1.29, 1.82) is 0 Å². The third-order valence-corrected chi connectivity index (χ3v) is 8.66. The highest BCUT2D eigenvalue weighted by molar-refractivity contribution is 5.92. The fourth-order valence-electron chi connectivity index (χ4n) is 6.97. The maximum Gasteiger partial charge on any atom is 0.134 e. The van der Waals surface area contributed by atoms with Gasteiger partial charge in [0.1, 0.15) is 11.2 Å². The zero-order chi connectivity index (χ0) is 26.3. The highest BCUT2D eigenvalue weighted by Gasteiger charge is 2.53. The van der Waals surface area contributed by atoms with E-state index in [0.717, 1.165) is 33.7 Å². The van der Waals surface area contributed by atoms with Crippen molar-refractivity contribution in [2.75, 3.05) is 0 Å². The minimum atomic E-state index is -0.446. The molecular formula is C37H23N3. The molecule has 0 amide bonds. The van der Waals surface area contributed by atoms with Gasteiger partial charge in [0.05, 0.1) is 22.4 Å². The van der Waals surface area contributed by atoms with E-state index >= 15 is 0 Å². The zero-order valence-corrected chi connectivity index (χ0v) is 21.6. The maximum atomic E-state index is 5.43. The first-order valence-corrected chi connectivity index (χ1v) is 13.7. The molecule has 2 aliphatic rings. The summed E-state index contributed by atoms with van der Waals surface area (Å²) >= 11 is 0. The standard InChI is InChI=1S/C37H23N3/c1-2-10-24(11-3-1)26-18-20-32(38-23-26)25-19-21-35-33(22-25)39-36-37(31-16-8-9-17-34(31)40(35)36)29-14-6-4-12-27(29)28-13-5-7-15-30(28)37/h1-23H. The first kappa shape index (κ1) is 21.6. The number of nitrogens with zero attached hydrogens (tertiary/aromatic N) is 3. The summed E-state index contributed by atoms with van der Waals surface area (Å²) < 4.78 is 2.37. The van der Waals surface area contributed by atoms with E-state index in [4.69, 9.17) is 9.97 Å². The van der Waals surface area contributed by atoms with E-state index in [2.05, 4.69) is 132 Å². The molecule has 0 fully saturated rings. The van der Waals surface area contributed by atoms with E-state index in [-0.39, 0.29) is 0 Å². The SMILES string of the molecule is c1ccc(-c2ccc(-c3ccc4c(c3)nc3n4-c4ccccc4C34c3ccccc3-c3ccccc34)nc2)cc1. The summed E-state index contributed by atoms with van der Waals surface area (Å²) in [7, 11) is 0. The lowest BCUT2D eigenvalue weighted by Crippen LogP contribution is -2.27. The quantitative estimate of drug-likeness (QED) is 0.234. The van der Waals surface area contributed by atoms with Gasteiger partial charge in [0.2, 0.25) is 0 Å². The molecule has 0 atom stereocenters. The Labute approximate surface area is 232 Å². The van der Waals surface area contributed by atoms with Crippen molar-refractivity contribution in [2.45, 2.75) is 5.41 Å². The van der Waals surface area contributed by atoms with Crippen LogP contribution in [0.1, 0.15) is 22.5 Å². The molecule has 2 aromatic heterocycles. The number of imidazole rings is 1. The number of benzene rings is 5. The smallest absolute Gasteiger partial charge is 0.134 e. The van der Waals surface area contributed by atoms with Crippen LogP contribution in [0, 0.1) is 0 Å². The van der Waals surface area contributed by atoms with Crippen molar-refractivity contribution in [2.24, 2.45) is 0 Å². The average molecular weight is 510 g/mol. The Bertz CT molecular complexity index is 2060. The fraction of sp³-hybridized carbons (Fsp3) is 0.0270. The Kier molecular flexibility index (Phi) is 4.26. The molecular weight excluding hydrogens is 486 g/mol. The first-order chi connectivity index (χ1) is 19.8. The number of para-hydroxylation sites is 1. The van der Waals surface area contributed by atoms with Crippen LogP contribution in [0.4, 0.5) is 0 Å². The predicted molar refractivity (Wildman–Crippen MR) is 161 cm³/mol. The second-order valence-electron chi connectivity index (χ2n) is 10.6. The van der Waals surface area contributed by atoms with E-state index in [1.165, 1.54) is 39.1 Å². The number of aromatic nitrogens is 3. The van der Waals surface area contributed by atoms with Crippen LogP contribution < -0.4 is 0 Å². The fourth-order valence-corrected chi connectivity index (χ4v) is 6.97. The Hall–Kier alpha value is -5.28. The Morgan fingerprint density at radius 3 is 1.90 bits per heavy atom. The minimum Gasteiger partial charge on any atom is -0.295 e. The van der Waals surface area contributed by atoms with Gasteiger partial charge in [-0.25, -0.2) is 4.98 Å². The normalized spacial score (nSPS) is 13.7. The van der Waals surface area contributed by atoms with E-state index in [1.807, 2.05) is 12.3 Å². The number of hydrogen-bond acceptors (Lipinski definition) is 2. The lowest BCUT2D eigenvalue weighted by molar-refractivity contribution is 0.738. The van der Waals surface area contributed by atoms with Crippen molar-refractivity contribution in [3.63, 3.8) is 0 Å². The Morgan fingerprint density at radius 2 is 1.18 bits per heavy atom. The minimum absolute atomic E-state index is 0.446. The van der Waals surface area contributed by atoms with Gasteiger partial charge in [-0.1, -0.05) is 109 Å². The van der Waals surface area contributed by atoms with Crippen LogP contribution in [0.3, 0.4) is 0 Å². The predicted octanol–water partition coefficient (Wildman–Crippen LogP) is 8.43. The van der Waals surface area contributed by atoms with E-state index < -0.39 is 5.41 Å². The van der Waals surface area contributed by atoms with Gasteiger partial charge in [-0.15, -0.1) is 0 Å². The highest BCUT2D eigenvalue weighted by atomic mass is 15.1. The summed E-state index contributed by atoms with van der Waals surface area (Å²) in [6, 6.07) is 47.6. The molecule has 9 rings (SSSR count). The Morgan fingerprint density at radius 1 is 0.525 bits per heavy atom. The highest BCUT2D eigenvalue weighted by Crippen LogP contribution is 2.60. The zero-order valence-electron chi connectivity index (χ0n) is 21.6. The molecule has 0 radical (unpaired) electrons. The molecule has 0 unspecified atom stereocenters. The number of rotatable bonds is 2. The van der Waals surface area contributed by atoms with Gasteiger partial charge in [-0.3, -0.25) is 9.55 Å². The van der Waals surface area contributed by atoms with Gasteiger partial charge < -0.3 is 0 Å². The second-order valence-corrected chi connectivity index (χ2v) is 10.6. The van der Waals surface area contributed by atoms with Gasteiger partial charge in [0.15, 0.2) is 0 Å². The van der Waals surface area contributed by atoms with Crippen molar-refractivity contribution in [3.05, 3.63) is 162 Å². The number of pyridine rings is 1. The van der Waals surface area contributed by atoms with Crippen molar-refractivity contribution >= 4 is 11.0 Å². The van der Waals surface area contributed by atoms with Crippen LogP contribution in [0.25, 0.3) is 50.2 Å². The van der Waals surface area contributed by atoms with E-state index in [9.17, 15) is 0 Å². The molecule has 0 N–H and O–H groups in total. The monoisotopic (exact) mass is 509 g/mol. The molecule has 1 aliphatic heterocycles. The van der Waals surface area contributed by atoms with Crippen LogP contribution in [-0.2, 0) is 5.41 Å². The van der Waals surface area contributed by atoms with Crippen LogP contribution in [0.5, 0.6) is 0 Å². The molecule has 0 saturated carbocycles. The van der Waals surface area contributed by atoms with Gasteiger partial charge in [0, 0.05) is 17.3 Å². The van der Waals surface area contributed by atoms with Gasteiger partial charge in [-0.05, 0) is 57.6 Å². The molecule has 5 aromatic carbocycles. The molecule has 3 heteroatoms. The molecule has 1 aliphatic carbocycles. The topological polar surface area (TPSA) is 30.7 Å². The van der Waals surface area contributed by atoms with Crippen molar-refractivity contribution in [3.8, 4) is 39.2 Å². The third kappa shape index (κ3) is 2.69. The summed E-state index contributed by atoms with van der Waals surface area (Å²) in [5.74, 6) is 1.06. The van der Waals surface area contributed by atoms with Crippen LogP contribution >= 0.6 is 0 Å². The molecule has 7 aromatic rings. The number of hydrogen-bond donors (Lipinski definition) is 0. The average Bonchev–Trinajstić information content (AvgIpc) is 3.65. The summed E-state index contributed by atoms with van der Waals surface area (Å²) in [4.78, 5) is 10.3. The third-order valence-electron chi connectivity index (χ3n) is 8.66. The number of fused-ring (bicyclic) bond motifs is 12. The lowest BCUT2D eigenvalue weighted by atomic mass is 9.73. The van der Waals surface area contributed by atoms with E-state index in [1.54, 1.807) is 0 Å². The molecule has 3 heterocycles. The van der Waals surface area contributed by atoms with Crippen LogP contribution in [-0.4, -0.2) is 14.5 Å². The van der Waals surface area contributed by atoms with Crippen LogP contribution in [0.15, 0.2) is 140 Å². The summed E-state index contributed by atoms with van der Waals surface area (Å²) in [6.07, 6.45) is 1.96.